The Kier molecular flexibility index (Phi) is 7.42. The van der Waals surface area contributed by atoms with Gasteiger partial charge in [-0.15, -0.1) is 0 Å². The third-order valence-electron chi connectivity index (χ3n) is 6.43. The molecule has 4 rings (SSSR count). The third-order valence-corrected chi connectivity index (χ3v) is 6.43. The summed E-state index contributed by atoms with van der Waals surface area (Å²) in [6, 6.07) is 7.95. The van der Waals surface area contributed by atoms with Crippen LogP contribution in [0.4, 0.5) is 11.5 Å². The van der Waals surface area contributed by atoms with Gasteiger partial charge in [-0.2, -0.15) is 0 Å². The molecule has 0 radical (unpaired) electrons. The Labute approximate surface area is 189 Å². The van der Waals surface area contributed by atoms with Gasteiger partial charge in [-0.1, -0.05) is 19.1 Å². The molecule has 0 bridgehead atoms. The zero-order valence-electron chi connectivity index (χ0n) is 19.0. The van der Waals surface area contributed by atoms with E-state index in [1.165, 1.54) is 0 Å². The average molecular weight is 440 g/mol. The minimum Gasteiger partial charge on any atom is -0.497 e. The summed E-state index contributed by atoms with van der Waals surface area (Å²) in [4.78, 5) is 26.4. The maximum Gasteiger partial charge on any atom is 0.223 e. The van der Waals surface area contributed by atoms with Crippen molar-refractivity contribution in [2.45, 2.75) is 32.2 Å². The third kappa shape index (κ3) is 5.12. The molecule has 0 spiro atoms. The van der Waals surface area contributed by atoms with Crippen LogP contribution in [-0.4, -0.2) is 62.4 Å². The number of rotatable bonds is 7. The number of methoxy groups -OCH3 is 1. The van der Waals surface area contributed by atoms with Crippen LogP contribution in [0.5, 0.6) is 5.75 Å². The van der Waals surface area contributed by atoms with Gasteiger partial charge in [0.05, 0.1) is 38.2 Å². The van der Waals surface area contributed by atoms with Gasteiger partial charge in [0.25, 0.3) is 0 Å². The largest absolute Gasteiger partial charge is 0.497 e. The zero-order chi connectivity index (χ0) is 22.3. The Morgan fingerprint density at radius 2 is 1.88 bits per heavy atom. The second-order valence-corrected chi connectivity index (χ2v) is 8.33. The summed E-state index contributed by atoms with van der Waals surface area (Å²) in [6.45, 7) is 6.86. The lowest BCUT2D eigenvalue weighted by Gasteiger charge is -2.36. The molecule has 1 atom stereocenters. The molecule has 2 aromatic rings. The number of carbonyl (C=O) groups excluding carboxylic acids is 1. The number of hydrogen-bond acceptors (Lipinski definition) is 7. The molecule has 0 unspecified atom stereocenters. The van der Waals surface area contributed by atoms with E-state index >= 15 is 0 Å². The van der Waals surface area contributed by atoms with Gasteiger partial charge in [-0.25, -0.2) is 9.97 Å². The van der Waals surface area contributed by atoms with Crippen molar-refractivity contribution in [3.05, 3.63) is 42.4 Å². The molecule has 172 valence electrons. The minimum atomic E-state index is 0.0156. The molecule has 0 saturated carbocycles. The summed E-state index contributed by atoms with van der Waals surface area (Å²) in [5.74, 6) is 1.96. The average Bonchev–Trinajstić information content (AvgIpc) is 2.88. The van der Waals surface area contributed by atoms with Crippen LogP contribution in [0.3, 0.4) is 0 Å². The summed E-state index contributed by atoms with van der Waals surface area (Å²) in [5.41, 5.74) is 2.16. The number of nitrogens with zero attached hydrogens (tertiary/aromatic N) is 4. The summed E-state index contributed by atoms with van der Waals surface area (Å²) < 4.78 is 10.7. The van der Waals surface area contributed by atoms with Crippen LogP contribution >= 0.6 is 0 Å². The Morgan fingerprint density at radius 3 is 2.53 bits per heavy atom. The SMILES string of the molecule is CC[C@@H](NC(=O)C1CCN(c2cncnc2N2CCOCC2)CC1)c1ccc(OC)cc1. The molecule has 2 saturated heterocycles. The number of piperidine rings is 1. The van der Waals surface area contributed by atoms with Crippen molar-refractivity contribution in [1.29, 1.82) is 0 Å². The van der Waals surface area contributed by atoms with Crippen LogP contribution in [0.1, 0.15) is 37.8 Å². The van der Waals surface area contributed by atoms with Crippen molar-refractivity contribution in [3.8, 4) is 5.75 Å². The first-order chi connectivity index (χ1) is 15.7. The lowest BCUT2D eigenvalue weighted by molar-refractivity contribution is -0.126. The first-order valence-electron chi connectivity index (χ1n) is 11.5. The predicted octanol–water partition coefficient (Wildman–Crippen LogP) is 2.81. The predicted molar refractivity (Wildman–Crippen MR) is 124 cm³/mol. The van der Waals surface area contributed by atoms with Gasteiger partial charge < -0.3 is 24.6 Å². The van der Waals surface area contributed by atoms with Gasteiger partial charge in [0.2, 0.25) is 5.91 Å². The van der Waals surface area contributed by atoms with Crippen LogP contribution in [0, 0.1) is 5.92 Å². The number of morpholine rings is 1. The van der Waals surface area contributed by atoms with Gasteiger partial charge >= 0.3 is 0 Å². The molecule has 8 heteroatoms. The lowest BCUT2D eigenvalue weighted by atomic mass is 9.94. The number of nitrogens with one attached hydrogen (secondary N) is 1. The van der Waals surface area contributed by atoms with Crippen molar-refractivity contribution >= 4 is 17.4 Å². The monoisotopic (exact) mass is 439 g/mol. The molecule has 0 aliphatic carbocycles. The molecule has 1 aromatic carbocycles. The van der Waals surface area contributed by atoms with Crippen LogP contribution in [0.25, 0.3) is 0 Å². The molecule has 2 fully saturated rings. The molecule has 2 aliphatic rings. The smallest absolute Gasteiger partial charge is 0.223 e. The molecule has 2 aliphatic heterocycles. The summed E-state index contributed by atoms with van der Waals surface area (Å²) in [6.07, 6.45) is 6.00. The zero-order valence-corrected chi connectivity index (χ0v) is 19.0. The van der Waals surface area contributed by atoms with Crippen molar-refractivity contribution < 1.29 is 14.3 Å². The van der Waals surface area contributed by atoms with Crippen LogP contribution in [0.2, 0.25) is 0 Å². The first kappa shape index (κ1) is 22.3. The Hall–Kier alpha value is -2.87. The Bertz CT molecular complexity index is 877. The first-order valence-corrected chi connectivity index (χ1v) is 11.5. The van der Waals surface area contributed by atoms with Crippen LogP contribution in [0.15, 0.2) is 36.8 Å². The highest BCUT2D eigenvalue weighted by Crippen LogP contribution is 2.31. The quantitative estimate of drug-likeness (QED) is 0.711. The number of ether oxygens (including phenoxy) is 2. The van der Waals surface area contributed by atoms with Gasteiger partial charge in [-0.3, -0.25) is 4.79 Å². The number of hydrogen-bond donors (Lipinski definition) is 1. The van der Waals surface area contributed by atoms with Crippen molar-refractivity contribution in [3.63, 3.8) is 0 Å². The highest BCUT2D eigenvalue weighted by atomic mass is 16.5. The maximum atomic E-state index is 13.0. The van der Waals surface area contributed by atoms with E-state index in [1.54, 1.807) is 13.4 Å². The highest BCUT2D eigenvalue weighted by molar-refractivity contribution is 5.79. The minimum absolute atomic E-state index is 0.0156. The second kappa shape index (κ2) is 10.6. The lowest BCUT2D eigenvalue weighted by Crippen LogP contribution is -2.43. The molecule has 1 amide bonds. The van der Waals surface area contributed by atoms with E-state index in [-0.39, 0.29) is 17.9 Å². The van der Waals surface area contributed by atoms with Gasteiger partial charge in [-0.05, 0) is 37.0 Å². The van der Waals surface area contributed by atoms with Crippen molar-refractivity contribution in [2.75, 3.05) is 56.3 Å². The molecular weight excluding hydrogens is 406 g/mol. The molecule has 8 nitrogen and oxygen atoms in total. The molecular formula is C24H33N5O3. The van der Waals surface area contributed by atoms with E-state index in [4.69, 9.17) is 9.47 Å². The number of carbonyl (C=O) groups is 1. The summed E-state index contributed by atoms with van der Waals surface area (Å²) >= 11 is 0. The van der Waals surface area contributed by atoms with Crippen LogP contribution in [-0.2, 0) is 9.53 Å². The number of aromatic nitrogens is 2. The fourth-order valence-corrected chi connectivity index (χ4v) is 4.49. The van der Waals surface area contributed by atoms with Crippen molar-refractivity contribution in [1.82, 2.24) is 15.3 Å². The van der Waals surface area contributed by atoms with E-state index in [0.29, 0.717) is 0 Å². The topological polar surface area (TPSA) is 79.8 Å². The van der Waals surface area contributed by atoms with E-state index in [0.717, 1.165) is 81.5 Å². The van der Waals surface area contributed by atoms with Gasteiger partial charge in [0.1, 0.15) is 12.1 Å². The Morgan fingerprint density at radius 1 is 1.16 bits per heavy atom. The number of anilines is 2. The maximum absolute atomic E-state index is 13.0. The molecule has 32 heavy (non-hydrogen) atoms. The standard InChI is InChI=1S/C24H33N5O3/c1-3-21(18-4-6-20(31-2)7-5-18)27-24(30)19-8-10-28(11-9-19)22-16-25-17-26-23(22)29-12-14-32-15-13-29/h4-7,16-17,19,21H,3,8-15H2,1-2H3,(H,27,30)/t21-/m1/s1. The number of benzene rings is 1. The fraction of sp³-hybridized carbons (Fsp3) is 0.542. The van der Waals surface area contributed by atoms with E-state index in [2.05, 4.69) is 32.0 Å². The van der Waals surface area contributed by atoms with Gasteiger partial charge in [0.15, 0.2) is 5.82 Å². The van der Waals surface area contributed by atoms with Crippen molar-refractivity contribution in [2.24, 2.45) is 5.92 Å². The molecule has 1 N–H and O–H groups in total. The molecule has 3 heterocycles. The Balaban J connectivity index is 1.35. The van der Waals surface area contributed by atoms with E-state index in [1.807, 2.05) is 30.5 Å². The van der Waals surface area contributed by atoms with Gasteiger partial charge in [0, 0.05) is 32.1 Å². The second-order valence-electron chi connectivity index (χ2n) is 8.33. The molecule has 1 aromatic heterocycles. The van der Waals surface area contributed by atoms with Crippen LogP contribution < -0.4 is 19.9 Å². The van der Waals surface area contributed by atoms with E-state index < -0.39 is 0 Å². The fourth-order valence-electron chi connectivity index (χ4n) is 4.49. The number of amides is 1. The highest BCUT2D eigenvalue weighted by Gasteiger charge is 2.29. The normalized spacial score (nSPS) is 18.3. The summed E-state index contributed by atoms with van der Waals surface area (Å²) in [7, 11) is 1.66. The van der Waals surface area contributed by atoms with E-state index in [9.17, 15) is 4.79 Å². The summed E-state index contributed by atoms with van der Waals surface area (Å²) in [5, 5.41) is 3.26.